The van der Waals surface area contributed by atoms with E-state index >= 15 is 0 Å². The molecule has 0 amide bonds. The maximum absolute atomic E-state index is 12.2. The lowest BCUT2D eigenvalue weighted by Gasteiger charge is -2.26. The second kappa shape index (κ2) is 5.16. The van der Waals surface area contributed by atoms with Crippen LogP contribution in [0.25, 0.3) is 11.1 Å². The first kappa shape index (κ1) is 13.0. The van der Waals surface area contributed by atoms with Gasteiger partial charge < -0.3 is 4.74 Å². The molecule has 0 bridgehead atoms. The van der Waals surface area contributed by atoms with Crippen LogP contribution in [0.1, 0.15) is 24.0 Å². The van der Waals surface area contributed by atoms with Crippen molar-refractivity contribution in [3.8, 4) is 11.1 Å². The number of carbonyl (C=O) groups excluding carboxylic acids is 1. The van der Waals surface area contributed by atoms with Crippen LogP contribution >= 0.6 is 0 Å². The van der Waals surface area contributed by atoms with E-state index in [0.717, 1.165) is 27.7 Å². The summed E-state index contributed by atoms with van der Waals surface area (Å²) in [5.41, 5.74) is 5.15. The molecule has 0 saturated heterocycles. The van der Waals surface area contributed by atoms with Gasteiger partial charge in [0.2, 0.25) is 0 Å². The lowest BCUT2D eigenvalue weighted by molar-refractivity contribution is -0.145. The number of rotatable bonds is 2. The molecule has 0 saturated carbocycles. The zero-order valence-corrected chi connectivity index (χ0v) is 11.4. The number of esters is 1. The molecule has 3 heteroatoms. The molecule has 1 aliphatic rings. The van der Waals surface area contributed by atoms with Gasteiger partial charge in [-0.1, -0.05) is 47.9 Å². The quantitative estimate of drug-likeness (QED) is 0.613. The number of fused-ring (bicyclic) bond motifs is 3. The molecule has 2 nitrogen and oxygen atoms in total. The van der Waals surface area contributed by atoms with E-state index in [4.69, 9.17) is 12.6 Å². The molecular weight excluding hydrogens is 247 g/mol. The summed E-state index contributed by atoms with van der Waals surface area (Å²) in [5, 5.41) is 0. The van der Waals surface area contributed by atoms with E-state index < -0.39 is 0 Å². The normalized spacial score (nSPS) is 16.1. The maximum Gasteiger partial charge on any atom is 0.313 e. The van der Waals surface area contributed by atoms with Gasteiger partial charge in [0, 0.05) is 0 Å². The van der Waals surface area contributed by atoms with Gasteiger partial charge in [0.1, 0.15) is 7.85 Å². The summed E-state index contributed by atoms with van der Waals surface area (Å²) < 4.78 is 5.21. The Balaban J connectivity index is 2.13. The highest BCUT2D eigenvalue weighted by Gasteiger charge is 2.30. The highest BCUT2D eigenvalue weighted by atomic mass is 16.5. The first-order chi connectivity index (χ1) is 9.70. The summed E-state index contributed by atoms with van der Waals surface area (Å²) in [6, 6.07) is 13.9. The number of ether oxygens (including phenoxy) is 1. The van der Waals surface area contributed by atoms with Gasteiger partial charge in [0.15, 0.2) is 0 Å². The molecule has 20 heavy (non-hydrogen) atoms. The SMILES string of the molecule is [B]c1ccc2c(c1)CC(C(=O)OCC)c1ccccc1-2. The van der Waals surface area contributed by atoms with Crippen LogP contribution in [0.3, 0.4) is 0 Å². The van der Waals surface area contributed by atoms with Gasteiger partial charge in [-0.3, -0.25) is 4.79 Å². The monoisotopic (exact) mass is 262 g/mol. The molecular formula is C17H15BO2. The molecule has 0 N–H and O–H groups in total. The van der Waals surface area contributed by atoms with Gasteiger partial charge in [0.25, 0.3) is 0 Å². The zero-order chi connectivity index (χ0) is 14.1. The first-order valence-corrected chi connectivity index (χ1v) is 6.85. The summed E-state index contributed by atoms with van der Waals surface area (Å²) in [4.78, 5) is 12.2. The first-order valence-electron chi connectivity index (χ1n) is 6.85. The van der Waals surface area contributed by atoms with Gasteiger partial charge in [-0.15, -0.1) is 0 Å². The van der Waals surface area contributed by atoms with Crippen LogP contribution in [-0.2, 0) is 16.0 Å². The number of benzene rings is 2. The van der Waals surface area contributed by atoms with Crippen molar-refractivity contribution in [1.82, 2.24) is 0 Å². The van der Waals surface area contributed by atoms with Crippen LogP contribution in [0, 0.1) is 0 Å². The molecule has 2 radical (unpaired) electrons. The minimum Gasteiger partial charge on any atom is -0.466 e. The Morgan fingerprint density at radius 2 is 2.05 bits per heavy atom. The van der Waals surface area contributed by atoms with E-state index in [1.54, 1.807) is 0 Å². The Morgan fingerprint density at radius 3 is 2.85 bits per heavy atom. The van der Waals surface area contributed by atoms with Gasteiger partial charge in [-0.05, 0) is 35.6 Å². The molecule has 3 rings (SSSR count). The van der Waals surface area contributed by atoms with Crippen molar-refractivity contribution >= 4 is 19.3 Å². The smallest absolute Gasteiger partial charge is 0.313 e. The predicted octanol–water partition coefficient (Wildman–Crippen LogP) is 2.35. The Morgan fingerprint density at radius 1 is 1.25 bits per heavy atom. The molecule has 0 aliphatic heterocycles. The van der Waals surface area contributed by atoms with Crippen LogP contribution < -0.4 is 5.46 Å². The van der Waals surface area contributed by atoms with Crippen molar-refractivity contribution in [2.75, 3.05) is 6.61 Å². The van der Waals surface area contributed by atoms with Crippen LogP contribution in [-0.4, -0.2) is 20.4 Å². The van der Waals surface area contributed by atoms with Crippen molar-refractivity contribution in [2.45, 2.75) is 19.3 Å². The molecule has 0 aromatic heterocycles. The average molecular weight is 262 g/mol. The third-order valence-corrected chi connectivity index (χ3v) is 3.75. The van der Waals surface area contributed by atoms with Gasteiger partial charge in [-0.25, -0.2) is 0 Å². The lowest BCUT2D eigenvalue weighted by Crippen LogP contribution is -2.23. The molecule has 1 unspecified atom stereocenters. The highest BCUT2D eigenvalue weighted by Crippen LogP contribution is 2.39. The number of carbonyl (C=O) groups is 1. The number of hydrogen-bond acceptors (Lipinski definition) is 2. The minimum atomic E-state index is -0.236. The molecule has 0 fully saturated rings. The lowest BCUT2D eigenvalue weighted by atomic mass is 9.77. The molecule has 2 aromatic rings. The summed E-state index contributed by atoms with van der Waals surface area (Å²) in [6.45, 7) is 2.24. The molecule has 0 spiro atoms. The topological polar surface area (TPSA) is 26.3 Å². The Labute approximate surface area is 120 Å². The Bertz CT molecular complexity index is 664. The summed E-state index contributed by atoms with van der Waals surface area (Å²) in [7, 11) is 5.87. The van der Waals surface area contributed by atoms with Crippen molar-refractivity contribution in [3.63, 3.8) is 0 Å². The largest absolute Gasteiger partial charge is 0.466 e. The van der Waals surface area contributed by atoms with E-state index in [0.29, 0.717) is 13.0 Å². The van der Waals surface area contributed by atoms with Crippen LogP contribution in [0.15, 0.2) is 42.5 Å². The zero-order valence-electron chi connectivity index (χ0n) is 11.4. The van der Waals surface area contributed by atoms with Crippen LogP contribution in [0.5, 0.6) is 0 Å². The van der Waals surface area contributed by atoms with E-state index in [9.17, 15) is 4.79 Å². The fraction of sp³-hybridized carbons (Fsp3) is 0.235. The van der Waals surface area contributed by atoms with E-state index in [1.807, 2.05) is 43.3 Å². The Hall–Kier alpha value is -2.03. The maximum atomic E-state index is 12.2. The second-order valence-corrected chi connectivity index (χ2v) is 5.01. The van der Waals surface area contributed by atoms with Crippen LogP contribution in [0.4, 0.5) is 0 Å². The third kappa shape index (κ3) is 2.13. The molecule has 1 atom stereocenters. The molecule has 2 aromatic carbocycles. The minimum absolute atomic E-state index is 0.159. The van der Waals surface area contributed by atoms with Crippen LogP contribution in [0.2, 0.25) is 0 Å². The highest BCUT2D eigenvalue weighted by molar-refractivity contribution is 6.32. The van der Waals surface area contributed by atoms with Crippen molar-refractivity contribution in [2.24, 2.45) is 0 Å². The fourth-order valence-corrected chi connectivity index (χ4v) is 2.87. The van der Waals surface area contributed by atoms with Crippen molar-refractivity contribution < 1.29 is 9.53 Å². The number of hydrogen-bond donors (Lipinski definition) is 0. The second-order valence-electron chi connectivity index (χ2n) is 5.01. The average Bonchev–Trinajstić information content (AvgIpc) is 2.46. The fourth-order valence-electron chi connectivity index (χ4n) is 2.87. The predicted molar refractivity (Wildman–Crippen MR) is 80.3 cm³/mol. The molecule has 0 heterocycles. The summed E-state index contributed by atoms with van der Waals surface area (Å²) >= 11 is 0. The van der Waals surface area contributed by atoms with E-state index in [2.05, 4.69) is 6.07 Å². The summed E-state index contributed by atoms with van der Waals surface area (Å²) in [6.07, 6.45) is 0.649. The summed E-state index contributed by atoms with van der Waals surface area (Å²) in [5.74, 6) is -0.395. The molecule has 1 aliphatic carbocycles. The van der Waals surface area contributed by atoms with E-state index in [1.165, 1.54) is 0 Å². The standard InChI is InChI=1S/C17H15BO2/c1-2-20-17(19)16-10-11-9-12(18)7-8-13(11)14-5-3-4-6-15(14)16/h3-9,16H,2,10H2,1H3. The van der Waals surface area contributed by atoms with Gasteiger partial charge in [-0.2, -0.15) is 0 Å². The molecule has 98 valence electrons. The van der Waals surface area contributed by atoms with Crippen molar-refractivity contribution in [3.05, 3.63) is 53.6 Å². The third-order valence-electron chi connectivity index (χ3n) is 3.75. The Kier molecular flexibility index (Phi) is 3.35. The van der Waals surface area contributed by atoms with Gasteiger partial charge >= 0.3 is 5.97 Å². The van der Waals surface area contributed by atoms with Gasteiger partial charge in [0.05, 0.1) is 12.5 Å². The van der Waals surface area contributed by atoms with E-state index in [-0.39, 0.29) is 11.9 Å². The van der Waals surface area contributed by atoms with Crippen molar-refractivity contribution in [1.29, 1.82) is 0 Å².